The van der Waals surface area contributed by atoms with Gasteiger partial charge < -0.3 is 5.73 Å². The lowest BCUT2D eigenvalue weighted by atomic mass is 9.74. The van der Waals surface area contributed by atoms with E-state index in [4.69, 9.17) is 5.73 Å². The predicted octanol–water partition coefficient (Wildman–Crippen LogP) is 2.89. The van der Waals surface area contributed by atoms with Gasteiger partial charge in [0.15, 0.2) is 0 Å². The van der Waals surface area contributed by atoms with Crippen molar-refractivity contribution in [2.75, 3.05) is 0 Å². The van der Waals surface area contributed by atoms with Gasteiger partial charge in [0, 0.05) is 5.54 Å². The summed E-state index contributed by atoms with van der Waals surface area (Å²) in [6, 6.07) is 10.7. The lowest BCUT2D eigenvalue weighted by Crippen LogP contribution is -2.46. The first-order valence-corrected chi connectivity index (χ1v) is 5.61. The molecule has 1 aromatic carbocycles. The molecule has 1 saturated carbocycles. The maximum atomic E-state index is 6.17. The van der Waals surface area contributed by atoms with Crippen molar-refractivity contribution in [3.63, 3.8) is 0 Å². The number of benzene rings is 1. The maximum absolute atomic E-state index is 6.17. The number of aryl methyl sites for hydroxylation is 1. The van der Waals surface area contributed by atoms with Gasteiger partial charge in [-0.05, 0) is 44.1 Å². The molecule has 1 aliphatic carbocycles. The molecule has 1 aromatic rings. The average Bonchev–Trinajstić information content (AvgIpc) is 2.17. The molecule has 0 saturated heterocycles. The van der Waals surface area contributed by atoms with Gasteiger partial charge in [0.25, 0.3) is 0 Å². The molecule has 1 nitrogen and oxygen atoms in total. The molecule has 0 unspecified atom stereocenters. The number of rotatable bonds is 4. The van der Waals surface area contributed by atoms with Crippen LogP contribution in [0.4, 0.5) is 0 Å². The van der Waals surface area contributed by atoms with Crippen LogP contribution in [0, 0.1) is 0 Å². The van der Waals surface area contributed by atoms with Gasteiger partial charge in [-0.15, -0.1) is 0 Å². The van der Waals surface area contributed by atoms with Crippen LogP contribution in [0.2, 0.25) is 0 Å². The first kappa shape index (κ1) is 9.72. The molecule has 14 heavy (non-hydrogen) atoms. The number of nitrogens with two attached hydrogens (primary N) is 1. The molecule has 2 N–H and O–H groups in total. The minimum atomic E-state index is 0.203. The molecule has 0 amide bonds. The summed E-state index contributed by atoms with van der Waals surface area (Å²) in [5.74, 6) is 0. The van der Waals surface area contributed by atoms with Gasteiger partial charge in [-0.25, -0.2) is 0 Å². The van der Waals surface area contributed by atoms with Gasteiger partial charge in [0.1, 0.15) is 0 Å². The maximum Gasteiger partial charge on any atom is 0.0154 e. The van der Waals surface area contributed by atoms with Crippen molar-refractivity contribution in [2.45, 2.75) is 44.1 Å². The topological polar surface area (TPSA) is 26.0 Å². The summed E-state index contributed by atoms with van der Waals surface area (Å²) in [4.78, 5) is 0. The van der Waals surface area contributed by atoms with Crippen molar-refractivity contribution in [1.82, 2.24) is 0 Å². The Labute approximate surface area is 86.3 Å². The second kappa shape index (κ2) is 4.14. The van der Waals surface area contributed by atoms with Crippen LogP contribution in [0.5, 0.6) is 0 Å². The molecule has 0 heterocycles. The molecule has 1 aliphatic rings. The fourth-order valence-electron chi connectivity index (χ4n) is 2.17. The van der Waals surface area contributed by atoms with E-state index in [0.717, 1.165) is 0 Å². The zero-order valence-electron chi connectivity index (χ0n) is 8.71. The van der Waals surface area contributed by atoms with E-state index in [1.54, 1.807) is 0 Å². The van der Waals surface area contributed by atoms with Crippen molar-refractivity contribution < 1.29 is 0 Å². The zero-order valence-corrected chi connectivity index (χ0v) is 8.71. The average molecular weight is 189 g/mol. The molecular weight excluding hydrogens is 170 g/mol. The monoisotopic (exact) mass is 189 g/mol. The van der Waals surface area contributed by atoms with E-state index >= 15 is 0 Å². The van der Waals surface area contributed by atoms with E-state index in [9.17, 15) is 0 Å². The zero-order chi connectivity index (χ0) is 9.86. The fourth-order valence-corrected chi connectivity index (χ4v) is 2.17. The highest BCUT2D eigenvalue weighted by Crippen LogP contribution is 2.33. The molecular formula is C13H19N. The third-order valence-electron chi connectivity index (χ3n) is 3.33. The van der Waals surface area contributed by atoms with Crippen molar-refractivity contribution in [3.8, 4) is 0 Å². The molecule has 0 bridgehead atoms. The Morgan fingerprint density at radius 3 is 2.43 bits per heavy atom. The minimum absolute atomic E-state index is 0.203. The quantitative estimate of drug-likeness (QED) is 0.774. The molecule has 0 aliphatic heterocycles. The second-order valence-electron chi connectivity index (χ2n) is 4.56. The van der Waals surface area contributed by atoms with Crippen molar-refractivity contribution in [2.24, 2.45) is 5.73 Å². The van der Waals surface area contributed by atoms with Gasteiger partial charge in [0.05, 0.1) is 0 Å². The molecule has 0 radical (unpaired) electrons. The standard InChI is InChI=1S/C13H19N/c14-13(10-5-11-13)9-4-8-12-6-2-1-3-7-12/h1-3,6-7H,4-5,8-11,14H2. The Hall–Kier alpha value is -0.820. The Morgan fingerprint density at radius 2 is 1.86 bits per heavy atom. The molecule has 1 fully saturated rings. The molecule has 0 spiro atoms. The van der Waals surface area contributed by atoms with Crippen molar-refractivity contribution in [1.29, 1.82) is 0 Å². The Bertz CT molecular complexity index is 275. The molecule has 76 valence electrons. The van der Waals surface area contributed by atoms with Crippen LogP contribution >= 0.6 is 0 Å². The Kier molecular flexibility index (Phi) is 2.87. The third-order valence-corrected chi connectivity index (χ3v) is 3.33. The summed E-state index contributed by atoms with van der Waals surface area (Å²) in [6.45, 7) is 0. The summed E-state index contributed by atoms with van der Waals surface area (Å²) in [5, 5.41) is 0. The predicted molar refractivity (Wildman–Crippen MR) is 60.1 cm³/mol. The van der Waals surface area contributed by atoms with E-state index in [2.05, 4.69) is 30.3 Å². The SMILES string of the molecule is NC1(CCCc2ccccc2)CCC1. The van der Waals surface area contributed by atoms with Gasteiger partial charge in [-0.3, -0.25) is 0 Å². The third kappa shape index (κ3) is 2.36. The molecule has 2 rings (SSSR count). The molecule has 0 atom stereocenters. The first-order chi connectivity index (χ1) is 6.79. The fraction of sp³-hybridized carbons (Fsp3) is 0.538. The normalized spacial score (nSPS) is 18.9. The summed E-state index contributed by atoms with van der Waals surface area (Å²) in [5.41, 5.74) is 7.81. The van der Waals surface area contributed by atoms with Crippen molar-refractivity contribution in [3.05, 3.63) is 35.9 Å². The second-order valence-corrected chi connectivity index (χ2v) is 4.56. The van der Waals surface area contributed by atoms with Crippen LogP contribution < -0.4 is 5.73 Å². The highest BCUT2D eigenvalue weighted by atomic mass is 14.8. The smallest absolute Gasteiger partial charge is 0.0154 e. The highest BCUT2D eigenvalue weighted by molar-refractivity contribution is 5.14. The minimum Gasteiger partial charge on any atom is -0.325 e. The highest BCUT2D eigenvalue weighted by Gasteiger charge is 2.31. The van der Waals surface area contributed by atoms with Gasteiger partial charge in [-0.2, -0.15) is 0 Å². The molecule has 0 aromatic heterocycles. The summed E-state index contributed by atoms with van der Waals surface area (Å²) in [7, 11) is 0. The van der Waals surface area contributed by atoms with Gasteiger partial charge >= 0.3 is 0 Å². The van der Waals surface area contributed by atoms with E-state index < -0.39 is 0 Å². The Morgan fingerprint density at radius 1 is 1.14 bits per heavy atom. The molecule has 1 heteroatoms. The van der Waals surface area contributed by atoms with Crippen LogP contribution in [-0.2, 0) is 6.42 Å². The largest absolute Gasteiger partial charge is 0.325 e. The Balaban J connectivity index is 1.73. The van der Waals surface area contributed by atoms with E-state index in [-0.39, 0.29) is 5.54 Å². The van der Waals surface area contributed by atoms with Gasteiger partial charge in [-0.1, -0.05) is 30.3 Å². The van der Waals surface area contributed by atoms with Crippen LogP contribution in [0.25, 0.3) is 0 Å². The van der Waals surface area contributed by atoms with Gasteiger partial charge in [0.2, 0.25) is 0 Å². The lowest BCUT2D eigenvalue weighted by Gasteiger charge is -2.38. The lowest BCUT2D eigenvalue weighted by molar-refractivity contribution is 0.227. The summed E-state index contributed by atoms with van der Waals surface area (Å²) in [6.07, 6.45) is 7.42. The first-order valence-electron chi connectivity index (χ1n) is 5.61. The summed E-state index contributed by atoms with van der Waals surface area (Å²) >= 11 is 0. The number of hydrogen-bond acceptors (Lipinski definition) is 1. The summed E-state index contributed by atoms with van der Waals surface area (Å²) < 4.78 is 0. The number of hydrogen-bond donors (Lipinski definition) is 1. The van der Waals surface area contributed by atoms with Crippen molar-refractivity contribution >= 4 is 0 Å². The van der Waals surface area contributed by atoms with Crippen LogP contribution in [-0.4, -0.2) is 5.54 Å². The van der Waals surface area contributed by atoms with Crippen LogP contribution in [0.3, 0.4) is 0 Å². The van der Waals surface area contributed by atoms with E-state index in [1.165, 1.54) is 44.1 Å². The van der Waals surface area contributed by atoms with Crippen LogP contribution in [0.1, 0.15) is 37.7 Å². The van der Waals surface area contributed by atoms with E-state index in [1.807, 2.05) is 0 Å². The van der Waals surface area contributed by atoms with Crippen LogP contribution in [0.15, 0.2) is 30.3 Å². The van der Waals surface area contributed by atoms with E-state index in [0.29, 0.717) is 0 Å².